The van der Waals surface area contributed by atoms with Crippen LogP contribution in [0.25, 0.3) is 0 Å². The van der Waals surface area contributed by atoms with Gasteiger partial charge in [0.15, 0.2) is 6.61 Å². The van der Waals surface area contributed by atoms with Crippen LogP contribution in [0.2, 0.25) is 0 Å². The summed E-state index contributed by atoms with van der Waals surface area (Å²) in [7, 11) is 0. The van der Waals surface area contributed by atoms with Crippen molar-refractivity contribution < 1.29 is 23.9 Å². The second-order valence-electron chi connectivity index (χ2n) is 6.08. The standard InChI is InChI=1S/C16H20BrN3O5/c1-16(2,3)20-15(24)19-12(21)9-25-13(22)8-18-14(23)10-6-4-5-7-11(10)17/h4-7H,8-9H2,1-3H3,(H,18,23)(H2,19,20,21,24). The number of rotatable bonds is 5. The number of amides is 4. The summed E-state index contributed by atoms with van der Waals surface area (Å²) in [5.74, 6) is -2.03. The van der Waals surface area contributed by atoms with Crippen LogP contribution < -0.4 is 16.0 Å². The first-order chi connectivity index (χ1) is 11.6. The van der Waals surface area contributed by atoms with Gasteiger partial charge in [-0.25, -0.2) is 4.79 Å². The number of halogens is 1. The molecule has 0 aliphatic heterocycles. The third-order valence-electron chi connectivity index (χ3n) is 2.62. The molecule has 1 rings (SSSR count). The normalized spacial score (nSPS) is 10.6. The van der Waals surface area contributed by atoms with E-state index in [-0.39, 0.29) is 0 Å². The van der Waals surface area contributed by atoms with Crippen LogP contribution in [-0.2, 0) is 14.3 Å². The molecule has 0 fully saturated rings. The smallest absolute Gasteiger partial charge is 0.325 e. The number of nitrogens with one attached hydrogen (secondary N) is 3. The van der Waals surface area contributed by atoms with Gasteiger partial charge in [0, 0.05) is 10.0 Å². The maximum atomic E-state index is 11.9. The molecule has 1 aromatic carbocycles. The van der Waals surface area contributed by atoms with E-state index in [4.69, 9.17) is 4.74 Å². The molecule has 0 saturated heterocycles. The summed E-state index contributed by atoms with van der Waals surface area (Å²) in [5.41, 5.74) is -0.135. The average molecular weight is 414 g/mol. The van der Waals surface area contributed by atoms with E-state index in [2.05, 4.69) is 26.6 Å². The first-order valence-corrected chi connectivity index (χ1v) is 8.18. The van der Waals surface area contributed by atoms with Crippen LogP contribution in [0.1, 0.15) is 31.1 Å². The number of urea groups is 1. The van der Waals surface area contributed by atoms with E-state index in [1.54, 1.807) is 45.0 Å². The van der Waals surface area contributed by atoms with Gasteiger partial charge in [-0.05, 0) is 48.8 Å². The van der Waals surface area contributed by atoms with E-state index in [9.17, 15) is 19.2 Å². The molecule has 0 saturated carbocycles. The van der Waals surface area contributed by atoms with Gasteiger partial charge in [-0.1, -0.05) is 12.1 Å². The molecule has 0 atom stereocenters. The van der Waals surface area contributed by atoms with E-state index in [0.717, 1.165) is 0 Å². The summed E-state index contributed by atoms with van der Waals surface area (Å²) in [5, 5.41) is 6.94. The van der Waals surface area contributed by atoms with Crippen molar-refractivity contribution in [2.75, 3.05) is 13.2 Å². The van der Waals surface area contributed by atoms with Crippen molar-refractivity contribution >= 4 is 39.7 Å². The van der Waals surface area contributed by atoms with Crippen LogP contribution in [0.15, 0.2) is 28.7 Å². The number of carbonyl (C=O) groups excluding carboxylic acids is 4. The highest BCUT2D eigenvalue weighted by Gasteiger charge is 2.17. The Morgan fingerprint density at radius 2 is 1.76 bits per heavy atom. The molecule has 0 radical (unpaired) electrons. The molecule has 3 N–H and O–H groups in total. The summed E-state index contributed by atoms with van der Waals surface area (Å²) in [6, 6.07) is 6.04. The van der Waals surface area contributed by atoms with E-state index in [1.807, 2.05) is 5.32 Å². The monoisotopic (exact) mass is 413 g/mol. The van der Waals surface area contributed by atoms with Gasteiger partial charge in [0.05, 0.1) is 5.56 Å². The van der Waals surface area contributed by atoms with Crippen molar-refractivity contribution in [3.63, 3.8) is 0 Å². The van der Waals surface area contributed by atoms with Gasteiger partial charge >= 0.3 is 12.0 Å². The van der Waals surface area contributed by atoms with Gasteiger partial charge < -0.3 is 15.4 Å². The molecule has 25 heavy (non-hydrogen) atoms. The second kappa shape index (κ2) is 9.16. The molecule has 8 nitrogen and oxygen atoms in total. The highest BCUT2D eigenvalue weighted by atomic mass is 79.9. The third kappa shape index (κ3) is 8.30. The number of benzene rings is 1. The van der Waals surface area contributed by atoms with Crippen LogP contribution in [0.4, 0.5) is 4.79 Å². The fourth-order valence-electron chi connectivity index (χ4n) is 1.62. The molecule has 0 aliphatic rings. The van der Waals surface area contributed by atoms with Gasteiger partial charge in [0.1, 0.15) is 6.54 Å². The number of hydrogen-bond donors (Lipinski definition) is 3. The topological polar surface area (TPSA) is 114 Å². The molecular weight excluding hydrogens is 394 g/mol. The second-order valence-corrected chi connectivity index (χ2v) is 6.93. The number of carbonyl (C=O) groups is 4. The zero-order chi connectivity index (χ0) is 19.0. The van der Waals surface area contributed by atoms with Crippen molar-refractivity contribution in [1.29, 1.82) is 0 Å². The fraction of sp³-hybridized carbons (Fsp3) is 0.375. The highest BCUT2D eigenvalue weighted by Crippen LogP contribution is 2.15. The molecule has 136 valence electrons. The first-order valence-electron chi connectivity index (χ1n) is 7.39. The molecule has 0 spiro atoms. The molecule has 0 aromatic heterocycles. The summed E-state index contributed by atoms with van der Waals surface area (Å²) < 4.78 is 5.28. The Labute approximate surface area is 153 Å². The van der Waals surface area contributed by atoms with Crippen LogP contribution in [0.3, 0.4) is 0 Å². The maximum Gasteiger partial charge on any atom is 0.325 e. The van der Waals surface area contributed by atoms with Crippen LogP contribution >= 0.6 is 15.9 Å². The molecule has 0 aliphatic carbocycles. The molecule has 4 amide bonds. The van der Waals surface area contributed by atoms with Crippen molar-refractivity contribution in [3.05, 3.63) is 34.3 Å². The van der Waals surface area contributed by atoms with Crippen molar-refractivity contribution in [2.45, 2.75) is 26.3 Å². The molecule has 9 heteroatoms. The largest absolute Gasteiger partial charge is 0.454 e. The lowest BCUT2D eigenvalue weighted by Gasteiger charge is -2.20. The lowest BCUT2D eigenvalue weighted by molar-refractivity contribution is -0.147. The molecular formula is C16H20BrN3O5. The quantitative estimate of drug-likeness (QED) is 0.630. The Morgan fingerprint density at radius 3 is 2.36 bits per heavy atom. The SMILES string of the molecule is CC(C)(C)NC(=O)NC(=O)COC(=O)CNC(=O)c1ccccc1Br. The Kier molecular flexibility index (Phi) is 7.56. The molecule has 1 aromatic rings. The Bertz CT molecular complexity index is 670. The van der Waals surface area contributed by atoms with E-state index < -0.39 is 42.5 Å². The zero-order valence-electron chi connectivity index (χ0n) is 14.1. The average Bonchev–Trinajstić information content (AvgIpc) is 2.49. The van der Waals surface area contributed by atoms with Crippen LogP contribution in [0.5, 0.6) is 0 Å². The van der Waals surface area contributed by atoms with Gasteiger partial charge in [0.25, 0.3) is 11.8 Å². The van der Waals surface area contributed by atoms with Crippen molar-refractivity contribution in [2.24, 2.45) is 0 Å². The van der Waals surface area contributed by atoms with Gasteiger partial charge in [-0.15, -0.1) is 0 Å². The van der Waals surface area contributed by atoms with E-state index >= 15 is 0 Å². The van der Waals surface area contributed by atoms with E-state index in [0.29, 0.717) is 10.0 Å². The number of esters is 1. The van der Waals surface area contributed by atoms with Crippen molar-refractivity contribution in [1.82, 2.24) is 16.0 Å². The van der Waals surface area contributed by atoms with Gasteiger partial charge in [-0.3, -0.25) is 19.7 Å². The predicted molar refractivity (Wildman–Crippen MR) is 93.9 cm³/mol. The zero-order valence-corrected chi connectivity index (χ0v) is 15.7. The summed E-state index contributed by atoms with van der Waals surface area (Å²) in [6.45, 7) is 4.24. The number of ether oxygens (including phenoxy) is 1. The van der Waals surface area contributed by atoms with Gasteiger partial charge in [0.2, 0.25) is 0 Å². The van der Waals surface area contributed by atoms with Gasteiger partial charge in [-0.2, -0.15) is 0 Å². The number of hydrogen-bond acceptors (Lipinski definition) is 5. The Balaban J connectivity index is 2.33. The van der Waals surface area contributed by atoms with Crippen LogP contribution in [0, 0.1) is 0 Å². The predicted octanol–water partition coefficient (Wildman–Crippen LogP) is 1.35. The fourth-order valence-corrected chi connectivity index (χ4v) is 2.09. The maximum absolute atomic E-state index is 11.9. The van der Waals surface area contributed by atoms with Crippen molar-refractivity contribution in [3.8, 4) is 0 Å². The number of imide groups is 1. The Morgan fingerprint density at radius 1 is 1.12 bits per heavy atom. The Hall–Kier alpha value is -2.42. The summed E-state index contributed by atoms with van der Waals surface area (Å²) in [6.07, 6.45) is 0. The van der Waals surface area contributed by atoms with E-state index in [1.165, 1.54) is 0 Å². The summed E-state index contributed by atoms with van der Waals surface area (Å²) in [4.78, 5) is 46.4. The minimum absolute atomic E-state index is 0.367. The third-order valence-corrected chi connectivity index (χ3v) is 3.31. The first kappa shape index (κ1) is 20.6. The highest BCUT2D eigenvalue weighted by molar-refractivity contribution is 9.10. The minimum Gasteiger partial charge on any atom is -0.454 e. The summed E-state index contributed by atoms with van der Waals surface area (Å²) >= 11 is 3.23. The minimum atomic E-state index is -0.799. The molecule has 0 unspecified atom stereocenters. The molecule has 0 heterocycles. The lowest BCUT2D eigenvalue weighted by atomic mass is 10.1. The molecule has 0 bridgehead atoms. The lowest BCUT2D eigenvalue weighted by Crippen LogP contribution is -2.49. The van der Waals surface area contributed by atoms with Crippen LogP contribution in [-0.4, -0.2) is 42.5 Å².